The highest BCUT2D eigenvalue weighted by Gasteiger charge is 2.20. The third-order valence-electron chi connectivity index (χ3n) is 3.60. The van der Waals surface area contributed by atoms with E-state index in [0.717, 1.165) is 24.1 Å². The Kier molecular flexibility index (Phi) is 6.75. The van der Waals surface area contributed by atoms with Crippen LogP contribution in [0.4, 0.5) is 4.39 Å². The van der Waals surface area contributed by atoms with Crippen LogP contribution in [0, 0.1) is 5.82 Å². The van der Waals surface area contributed by atoms with Gasteiger partial charge in [0.1, 0.15) is 5.82 Å². The number of thioether (sulfide) groups is 1. The summed E-state index contributed by atoms with van der Waals surface area (Å²) in [6.07, 6.45) is 1.62. The molecule has 1 aromatic carbocycles. The molecule has 5 nitrogen and oxygen atoms in total. The Morgan fingerprint density at radius 1 is 1.40 bits per heavy atom. The van der Waals surface area contributed by atoms with Gasteiger partial charge in [-0.15, -0.1) is 0 Å². The van der Waals surface area contributed by atoms with Gasteiger partial charge >= 0.3 is 0 Å². The zero-order chi connectivity index (χ0) is 18.4. The first-order valence-corrected chi connectivity index (χ1v) is 9.03. The van der Waals surface area contributed by atoms with Gasteiger partial charge in [-0.3, -0.25) is 9.59 Å². The maximum Gasteiger partial charge on any atom is 0.251 e. The van der Waals surface area contributed by atoms with E-state index in [2.05, 4.69) is 9.97 Å². The molecule has 0 aliphatic carbocycles. The molecule has 2 aromatic rings. The highest BCUT2D eigenvalue weighted by molar-refractivity contribution is 8.00. The second-order valence-corrected chi connectivity index (χ2v) is 7.21. The van der Waals surface area contributed by atoms with Crippen molar-refractivity contribution in [1.82, 2.24) is 14.9 Å². The first-order chi connectivity index (χ1) is 11.9. The number of hydrogen-bond donors (Lipinski definition) is 1. The maximum atomic E-state index is 13.3. The lowest BCUT2D eigenvalue weighted by Crippen LogP contribution is -2.33. The number of benzene rings is 1. The first-order valence-electron chi connectivity index (χ1n) is 8.15. The number of hydrogen-bond acceptors (Lipinski definition) is 4. The minimum Gasteiger partial charge on any atom is -0.340 e. The fourth-order valence-electron chi connectivity index (χ4n) is 2.44. The van der Waals surface area contributed by atoms with E-state index in [1.165, 1.54) is 30.0 Å². The SMILES string of the molecule is CCCc1cc(=O)[nH]c(SC(C)C(=O)N(C)Cc2cccc(F)c2)n1. The number of nitrogens with one attached hydrogen (secondary N) is 1. The molecule has 0 fully saturated rings. The lowest BCUT2D eigenvalue weighted by atomic mass is 10.2. The van der Waals surface area contributed by atoms with Gasteiger partial charge in [0.2, 0.25) is 5.91 Å². The van der Waals surface area contributed by atoms with Gasteiger partial charge in [-0.1, -0.05) is 37.2 Å². The van der Waals surface area contributed by atoms with Gasteiger partial charge in [0.05, 0.1) is 5.25 Å². The topological polar surface area (TPSA) is 66.1 Å². The van der Waals surface area contributed by atoms with Gasteiger partial charge in [-0.05, 0) is 31.0 Å². The average molecular weight is 363 g/mol. The molecule has 1 atom stereocenters. The Hall–Kier alpha value is -2.15. The van der Waals surface area contributed by atoms with Gasteiger partial charge in [-0.25, -0.2) is 9.37 Å². The average Bonchev–Trinajstić information content (AvgIpc) is 2.53. The molecule has 0 saturated heterocycles. The van der Waals surface area contributed by atoms with Crippen molar-refractivity contribution >= 4 is 17.7 Å². The summed E-state index contributed by atoms with van der Waals surface area (Å²) in [4.78, 5) is 32.8. The molecular weight excluding hydrogens is 341 g/mol. The molecule has 1 aromatic heterocycles. The molecule has 1 heterocycles. The van der Waals surface area contributed by atoms with E-state index in [-0.39, 0.29) is 17.3 Å². The third-order valence-corrected chi connectivity index (χ3v) is 4.57. The summed E-state index contributed by atoms with van der Waals surface area (Å²) in [5.41, 5.74) is 1.24. The number of H-pyrrole nitrogens is 1. The zero-order valence-electron chi connectivity index (χ0n) is 14.6. The van der Waals surface area contributed by atoms with Gasteiger partial charge in [0.15, 0.2) is 5.16 Å². The van der Waals surface area contributed by atoms with Crippen LogP contribution in [0.3, 0.4) is 0 Å². The molecule has 134 valence electrons. The number of carbonyl (C=O) groups excluding carboxylic acids is 1. The molecule has 0 radical (unpaired) electrons. The van der Waals surface area contributed by atoms with E-state index in [9.17, 15) is 14.0 Å². The van der Waals surface area contributed by atoms with Crippen LogP contribution in [-0.2, 0) is 17.8 Å². The van der Waals surface area contributed by atoms with Crippen molar-refractivity contribution in [3.05, 3.63) is 57.8 Å². The van der Waals surface area contributed by atoms with Crippen LogP contribution in [0.1, 0.15) is 31.5 Å². The normalized spacial score (nSPS) is 12.0. The summed E-state index contributed by atoms with van der Waals surface area (Å²) in [6.45, 7) is 4.10. The monoisotopic (exact) mass is 363 g/mol. The number of rotatable bonds is 7. The van der Waals surface area contributed by atoms with E-state index >= 15 is 0 Å². The molecule has 0 bridgehead atoms. The predicted octanol–water partition coefficient (Wildman–Crippen LogP) is 3.00. The minimum absolute atomic E-state index is 0.113. The molecule has 1 unspecified atom stereocenters. The molecule has 7 heteroatoms. The second-order valence-electron chi connectivity index (χ2n) is 5.88. The predicted molar refractivity (Wildman–Crippen MR) is 97.0 cm³/mol. The second kappa shape index (κ2) is 8.80. The summed E-state index contributed by atoms with van der Waals surface area (Å²) in [6, 6.07) is 7.66. The maximum absolute atomic E-state index is 13.3. The fourth-order valence-corrected chi connectivity index (χ4v) is 3.38. The van der Waals surface area contributed by atoms with Gasteiger partial charge < -0.3 is 9.88 Å². The molecular formula is C18H22FN3O2S. The molecule has 1 N–H and O–H groups in total. The van der Waals surface area contributed by atoms with Crippen LogP contribution in [0.2, 0.25) is 0 Å². The number of aromatic nitrogens is 2. The lowest BCUT2D eigenvalue weighted by molar-refractivity contribution is -0.129. The van der Waals surface area contributed by atoms with Crippen molar-refractivity contribution in [2.24, 2.45) is 0 Å². The van der Waals surface area contributed by atoms with Gasteiger partial charge in [0, 0.05) is 25.4 Å². The molecule has 25 heavy (non-hydrogen) atoms. The Balaban J connectivity index is 2.03. The summed E-state index contributed by atoms with van der Waals surface area (Å²) >= 11 is 1.22. The molecule has 0 saturated carbocycles. The van der Waals surface area contributed by atoms with Crippen LogP contribution in [-0.4, -0.2) is 33.1 Å². The molecule has 0 spiro atoms. The Morgan fingerprint density at radius 2 is 2.16 bits per heavy atom. The molecule has 0 aliphatic heterocycles. The fraction of sp³-hybridized carbons (Fsp3) is 0.389. The van der Waals surface area contributed by atoms with Gasteiger partial charge in [-0.2, -0.15) is 0 Å². The summed E-state index contributed by atoms with van der Waals surface area (Å²) in [5.74, 6) is -0.437. The number of carbonyl (C=O) groups is 1. The first kappa shape index (κ1) is 19.2. The summed E-state index contributed by atoms with van der Waals surface area (Å²) in [5, 5.41) is 0.0227. The molecule has 1 amide bonds. The summed E-state index contributed by atoms with van der Waals surface area (Å²) < 4.78 is 13.3. The number of halogens is 1. The number of amides is 1. The van der Waals surface area contributed by atoms with Crippen LogP contribution in [0.15, 0.2) is 40.3 Å². The van der Waals surface area contributed by atoms with Crippen molar-refractivity contribution in [3.63, 3.8) is 0 Å². The molecule has 0 aliphatic rings. The van der Waals surface area contributed by atoms with Crippen LogP contribution in [0.5, 0.6) is 0 Å². The quantitative estimate of drug-likeness (QED) is 0.607. The molecule has 2 rings (SSSR count). The van der Waals surface area contributed by atoms with Crippen LogP contribution in [0.25, 0.3) is 0 Å². The lowest BCUT2D eigenvalue weighted by Gasteiger charge is -2.21. The Morgan fingerprint density at radius 3 is 2.84 bits per heavy atom. The smallest absolute Gasteiger partial charge is 0.251 e. The number of aryl methyl sites for hydroxylation is 1. The van der Waals surface area contributed by atoms with Crippen molar-refractivity contribution in [2.75, 3.05) is 7.05 Å². The Labute approximate surface area is 150 Å². The van der Waals surface area contributed by atoms with Crippen LogP contribution >= 0.6 is 11.8 Å². The van der Waals surface area contributed by atoms with Crippen molar-refractivity contribution < 1.29 is 9.18 Å². The highest BCUT2D eigenvalue weighted by atomic mass is 32.2. The zero-order valence-corrected chi connectivity index (χ0v) is 15.4. The largest absolute Gasteiger partial charge is 0.340 e. The Bertz CT molecular complexity index is 794. The standard InChI is InChI=1S/C18H22FN3O2S/c1-4-6-15-10-16(23)21-18(20-15)25-12(2)17(24)22(3)11-13-7-5-8-14(19)9-13/h5,7-10,12H,4,6,11H2,1-3H3,(H,20,21,23). The van der Waals surface area contributed by atoms with E-state index in [0.29, 0.717) is 11.7 Å². The number of nitrogens with zero attached hydrogens (tertiary/aromatic N) is 2. The van der Waals surface area contributed by atoms with E-state index in [4.69, 9.17) is 0 Å². The highest BCUT2D eigenvalue weighted by Crippen LogP contribution is 2.21. The number of aromatic amines is 1. The third kappa shape index (κ3) is 5.70. The van der Waals surface area contributed by atoms with E-state index in [1.54, 1.807) is 31.0 Å². The minimum atomic E-state index is -0.418. The van der Waals surface area contributed by atoms with Crippen molar-refractivity contribution in [1.29, 1.82) is 0 Å². The van der Waals surface area contributed by atoms with Gasteiger partial charge in [0.25, 0.3) is 5.56 Å². The van der Waals surface area contributed by atoms with Crippen LogP contribution < -0.4 is 5.56 Å². The van der Waals surface area contributed by atoms with E-state index in [1.807, 2.05) is 6.92 Å². The van der Waals surface area contributed by atoms with Crippen molar-refractivity contribution in [3.8, 4) is 0 Å². The summed E-state index contributed by atoms with van der Waals surface area (Å²) in [7, 11) is 1.67. The van der Waals surface area contributed by atoms with E-state index < -0.39 is 5.25 Å². The van der Waals surface area contributed by atoms with Crippen molar-refractivity contribution in [2.45, 2.75) is 43.6 Å².